The third kappa shape index (κ3) is 0.806. The van der Waals surface area contributed by atoms with Gasteiger partial charge in [-0.3, -0.25) is 19.8 Å². The van der Waals surface area contributed by atoms with Gasteiger partial charge in [0.2, 0.25) is 11.8 Å². The van der Waals surface area contributed by atoms with Crippen LogP contribution >= 0.6 is 0 Å². The molecule has 0 aromatic rings. The molecular formula is C6H8N2O2. The molecule has 0 aliphatic carbocycles. The van der Waals surface area contributed by atoms with Crippen molar-refractivity contribution in [2.75, 3.05) is 13.1 Å². The van der Waals surface area contributed by atoms with Crippen LogP contribution in [0, 0.1) is 0 Å². The number of imide groups is 1. The molecule has 2 saturated heterocycles. The molecule has 0 bridgehead atoms. The van der Waals surface area contributed by atoms with E-state index in [1.54, 1.807) is 0 Å². The summed E-state index contributed by atoms with van der Waals surface area (Å²) in [7, 11) is 0. The van der Waals surface area contributed by atoms with Crippen LogP contribution in [0.3, 0.4) is 0 Å². The first kappa shape index (κ1) is 5.85. The molecule has 2 fully saturated rings. The van der Waals surface area contributed by atoms with E-state index >= 15 is 0 Å². The summed E-state index contributed by atoms with van der Waals surface area (Å²) in [5.74, 6) is -0.260. The highest BCUT2D eigenvalue weighted by Gasteiger charge is 2.39. The fourth-order valence-electron chi connectivity index (χ4n) is 1.20. The normalized spacial score (nSPS) is 32.6. The number of amides is 2. The molecule has 1 unspecified atom stereocenters. The monoisotopic (exact) mass is 140 g/mol. The largest absolute Gasteiger partial charge is 0.295 e. The number of hydrogen-bond donors (Lipinski definition) is 1. The zero-order chi connectivity index (χ0) is 7.14. The van der Waals surface area contributed by atoms with Crippen molar-refractivity contribution in [2.45, 2.75) is 12.5 Å². The van der Waals surface area contributed by atoms with Gasteiger partial charge in [-0.2, -0.15) is 0 Å². The Hall–Kier alpha value is -0.900. The van der Waals surface area contributed by atoms with Crippen LogP contribution in [0.1, 0.15) is 6.42 Å². The van der Waals surface area contributed by atoms with Gasteiger partial charge in [-0.15, -0.1) is 0 Å². The van der Waals surface area contributed by atoms with Crippen molar-refractivity contribution in [3.8, 4) is 0 Å². The van der Waals surface area contributed by atoms with Crippen molar-refractivity contribution in [1.82, 2.24) is 10.2 Å². The highest BCUT2D eigenvalue weighted by atomic mass is 16.2. The molecule has 0 spiro atoms. The molecule has 2 aliphatic rings. The molecular weight excluding hydrogens is 132 g/mol. The number of carbonyl (C=O) groups excluding carboxylic acids is 2. The molecule has 1 atom stereocenters. The third-order valence-corrected chi connectivity index (χ3v) is 1.87. The van der Waals surface area contributed by atoms with Crippen LogP contribution in [0.15, 0.2) is 0 Å². The second kappa shape index (κ2) is 1.79. The molecule has 0 saturated carbocycles. The lowest BCUT2D eigenvalue weighted by molar-refractivity contribution is -0.125. The van der Waals surface area contributed by atoms with Gasteiger partial charge < -0.3 is 0 Å². The summed E-state index contributed by atoms with van der Waals surface area (Å²) >= 11 is 0. The van der Waals surface area contributed by atoms with Crippen LogP contribution in [-0.4, -0.2) is 35.8 Å². The highest BCUT2D eigenvalue weighted by molar-refractivity contribution is 6.05. The minimum absolute atomic E-state index is 0.123. The van der Waals surface area contributed by atoms with Gasteiger partial charge in [-0.05, 0) is 0 Å². The molecule has 4 nitrogen and oxygen atoms in total. The fourth-order valence-corrected chi connectivity index (χ4v) is 1.20. The number of hydrogen-bond acceptors (Lipinski definition) is 3. The Kier molecular flexibility index (Phi) is 1.05. The molecule has 54 valence electrons. The van der Waals surface area contributed by atoms with E-state index in [4.69, 9.17) is 0 Å². The molecule has 10 heavy (non-hydrogen) atoms. The summed E-state index contributed by atoms with van der Waals surface area (Å²) in [6.45, 7) is 1.93. The van der Waals surface area contributed by atoms with E-state index in [9.17, 15) is 9.59 Å². The molecule has 0 aromatic heterocycles. The van der Waals surface area contributed by atoms with E-state index in [1.165, 1.54) is 0 Å². The fraction of sp³-hybridized carbons (Fsp3) is 0.667. The Bertz CT molecular complexity index is 198. The van der Waals surface area contributed by atoms with Crippen LogP contribution in [0.4, 0.5) is 0 Å². The van der Waals surface area contributed by atoms with Crippen molar-refractivity contribution in [3.05, 3.63) is 0 Å². The molecule has 2 heterocycles. The lowest BCUT2D eigenvalue weighted by Gasteiger charge is -2.03. The topological polar surface area (TPSA) is 49.2 Å². The first-order chi connectivity index (χ1) is 4.77. The second-order valence-electron chi connectivity index (χ2n) is 2.67. The second-order valence-corrected chi connectivity index (χ2v) is 2.67. The van der Waals surface area contributed by atoms with Crippen LogP contribution < -0.4 is 5.32 Å². The molecule has 0 aromatic carbocycles. The predicted octanol–water partition coefficient (Wildman–Crippen LogP) is -1.28. The lowest BCUT2D eigenvalue weighted by Crippen LogP contribution is -2.29. The van der Waals surface area contributed by atoms with E-state index in [0.29, 0.717) is 6.42 Å². The number of carbonyl (C=O) groups is 2. The van der Waals surface area contributed by atoms with Crippen molar-refractivity contribution in [1.29, 1.82) is 0 Å². The van der Waals surface area contributed by atoms with Gasteiger partial charge >= 0.3 is 0 Å². The summed E-state index contributed by atoms with van der Waals surface area (Å²) in [6, 6.07) is -0.146. The summed E-state index contributed by atoms with van der Waals surface area (Å²) in [5, 5.41) is 2.27. The van der Waals surface area contributed by atoms with Gasteiger partial charge in [0.1, 0.15) is 0 Å². The first-order valence-electron chi connectivity index (χ1n) is 3.35. The predicted molar refractivity (Wildman–Crippen MR) is 33.1 cm³/mol. The van der Waals surface area contributed by atoms with Gasteiger partial charge in [-0.1, -0.05) is 0 Å². The van der Waals surface area contributed by atoms with Crippen LogP contribution in [0.25, 0.3) is 0 Å². The van der Waals surface area contributed by atoms with Crippen molar-refractivity contribution < 1.29 is 9.59 Å². The van der Waals surface area contributed by atoms with Gasteiger partial charge in [0.15, 0.2) is 0 Å². The molecule has 2 amide bonds. The zero-order valence-electron chi connectivity index (χ0n) is 5.46. The Morgan fingerprint density at radius 1 is 1.40 bits per heavy atom. The van der Waals surface area contributed by atoms with E-state index in [1.807, 2.05) is 4.90 Å². The summed E-state index contributed by atoms with van der Waals surface area (Å²) in [4.78, 5) is 23.5. The smallest absolute Gasteiger partial charge is 0.244 e. The average molecular weight is 140 g/mol. The summed E-state index contributed by atoms with van der Waals surface area (Å²) in [5.41, 5.74) is 0. The first-order valence-corrected chi connectivity index (χ1v) is 3.35. The lowest BCUT2D eigenvalue weighted by atomic mass is 10.2. The van der Waals surface area contributed by atoms with Gasteiger partial charge in [0.05, 0.1) is 12.5 Å². The van der Waals surface area contributed by atoms with Crippen molar-refractivity contribution >= 4 is 11.8 Å². The number of nitrogens with one attached hydrogen (secondary N) is 1. The Balaban J connectivity index is 2.08. The Morgan fingerprint density at radius 3 is 2.50 bits per heavy atom. The maximum absolute atomic E-state index is 10.9. The Morgan fingerprint density at radius 2 is 2.10 bits per heavy atom. The van der Waals surface area contributed by atoms with E-state index in [2.05, 4.69) is 5.32 Å². The molecule has 0 radical (unpaired) electrons. The zero-order valence-corrected chi connectivity index (χ0v) is 5.46. The maximum atomic E-state index is 10.9. The minimum atomic E-state index is -0.146. The number of rotatable bonds is 1. The van der Waals surface area contributed by atoms with E-state index in [-0.39, 0.29) is 17.9 Å². The van der Waals surface area contributed by atoms with Gasteiger partial charge in [0, 0.05) is 13.1 Å². The molecule has 1 N–H and O–H groups in total. The quantitative estimate of drug-likeness (QED) is 0.364. The van der Waals surface area contributed by atoms with Crippen molar-refractivity contribution in [2.24, 2.45) is 0 Å². The number of nitrogens with zero attached hydrogens (tertiary/aromatic N) is 1. The molecule has 4 heteroatoms. The maximum Gasteiger partial charge on any atom is 0.244 e. The minimum Gasteiger partial charge on any atom is -0.295 e. The molecule has 2 aliphatic heterocycles. The highest BCUT2D eigenvalue weighted by Crippen LogP contribution is 2.17. The summed E-state index contributed by atoms with van der Waals surface area (Å²) in [6.07, 6.45) is 0.360. The Labute approximate surface area is 58.2 Å². The van der Waals surface area contributed by atoms with Crippen LogP contribution in [0.2, 0.25) is 0 Å². The van der Waals surface area contributed by atoms with Crippen LogP contribution in [-0.2, 0) is 9.59 Å². The third-order valence-electron chi connectivity index (χ3n) is 1.87. The standard InChI is InChI=1S/C6H8N2O2/c9-5-3-4(6(10)7-5)8-1-2-8/h4H,1-3H2,(H,7,9,10). The van der Waals surface area contributed by atoms with E-state index in [0.717, 1.165) is 13.1 Å². The SMILES string of the molecule is O=C1CC(N2CC2)C(=O)N1. The molecule has 2 rings (SSSR count). The van der Waals surface area contributed by atoms with Gasteiger partial charge in [0.25, 0.3) is 0 Å². The van der Waals surface area contributed by atoms with Crippen molar-refractivity contribution in [3.63, 3.8) is 0 Å². The summed E-state index contributed by atoms with van der Waals surface area (Å²) < 4.78 is 0. The van der Waals surface area contributed by atoms with Crippen LogP contribution in [0.5, 0.6) is 0 Å². The average Bonchev–Trinajstić information content (AvgIpc) is 2.61. The van der Waals surface area contributed by atoms with E-state index < -0.39 is 0 Å². The van der Waals surface area contributed by atoms with Gasteiger partial charge in [-0.25, -0.2) is 0 Å².